The van der Waals surface area contributed by atoms with Crippen molar-refractivity contribution in [1.82, 2.24) is 5.48 Å². The number of nitrogens with zero attached hydrogens (tertiary/aromatic N) is 2. The molecule has 7 heteroatoms. The molecule has 0 aromatic heterocycles. The third kappa shape index (κ3) is 1.14. The Morgan fingerprint density at radius 2 is 2.57 bits per heavy atom. The summed E-state index contributed by atoms with van der Waals surface area (Å²) in [6.07, 6.45) is 2.52. The van der Waals surface area contributed by atoms with Crippen LogP contribution in [-0.2, 0) is 9.68 Å². The average molecular weight is 197 g/mol. The van der Waals surface area contributed by atoms with E-state index in [0.29, 0.717) is 5.71 Å². The molecule has 2 rings (SSSR count). The van der Waals surface area contributed by atoms with Gasteiger partial charge in [-0.3, -0.25) is 15.1 Å². The normalized spacial score (nSPS) is 23.8. The van der Waals surface area contributed by atoms with Gasteiger partial charge in [0, 0.05) is 13.2 Å². The highest BCUT2D eigenvalue weighted by molar-refractivity contribution is 6.06. The van der Waals surface area contributed by atoms with E-state index >= 15 is 0 Å². The number of nitrogens with one attached hydrogen (secondary N) is 1. The molecule has 0 amide bonds. The largest absolute Gasteiger partial charge is 0.371 e. The quantitative estimate of drug-likeness (QED) is 0.495. The second-order valence-corrected chi connectivity index (χ2v) is 2.70. The molecule has 0 saturated carbocycles. The molecule has 74 valence electrons. The second kappa shape index (κ2) is 3.11. The SMILES string of the molecule is COC1C=CC([N+](=O)[O-])=C2NON=C21. The van der Waals surface area contributed by atoms with E-state index in [-0.39, 0.29) is 11.4 Å². The third-order valence-corrected chi connectivity index (χ3v) is 1.95. The van der Waals surface area contributed by atoms with Crippen LogP contribution in [0.5, 0.6) is 0 Å². The number of methoxy groups -OCH3 is 1. The van der Waals surface area contributed by atoms with Crippen LogP contribution in [0.4, 0.5) is 0 Å². The standard InChI is InChI=1S/C7H7N3O4/c1-13-5-3-2-4(10(11)12)6-7(5)9-14-8-6/h2-3,5,8H,1H3. The monoisotopic (exact) mass is 197 g/mol. The summed E-state index contributed by atoms with van der Waals surface area (Å²) >= 11 is 0. The van der Waals surface area contributed by atoms with Crippen LogP contribution < -0.4 is 5.48 Å². The molecule has 1 atom stereocenters. The van der Waals surface area contributed by atoms with Gasteiger partial charge in [0.1, 0.15) is 11.8 Å². The maximum atomic E-state index is 10.6. The van der Waals surface area contributed by atoms with Crippen LogP contribution in [0.25, 0.3) is 0 Å². The summed E-state index contributed by atoms with van der Waals surface area (Å²) in [5.41, 5.74) is 2.93. The van der Waals surface area contributed by atoms with Gasteiger partial charge in [0.2, 0.25) is 0 Å². The fraction of sp³-hybridized carbons (Fsp3) is 0.286. The van der Waals surface area contributed by atoms with Gasteiger partial charge in [-0.1, -0.05) is 5.16 Å². The molecule has 2 aliphatic rings. The zero-order valence-corrected chi connectivity index (χ0v) is 7.26. The maximum Gasteiger partial charge on any atom is 0.297 e. The average Bonchev–Trinajstić information content (AvgIpc) is 2.64. The lowest BCUT2D eigenvalue weighted by molar-refractivity contribution is -0.420. The zero-order chi connectivity index (χ0) is 10.1. The number of hydrogen-bond acceptors (Lipinski definition) is 6. The van der Waals surface area contributed by atoms with Crippen LogP contribution in [0, 0.1) is 10.1 Å². The lowest BCUT2D eigenvalue weighted by atomic mass is 10.0. The van der Waals surface area contributed by atoms with Gasteiger partial charge >= 0.3 is 0 Å². The van der Waals surface area contributed by atoms with Crippen LogP contribution >= 0.6 is 0 Å². The molecule has 0 bridgehead atoms. The van der Waals surface area contributed by atoms with E-state index < -0.39 is 11.0 Å². The fourth-order valence-electron chi connectivity index (χ4n) is 1.29. The van der Waals surface area contributed by atoms with Crippen molar-refractivity contribution in [3.05, 3.63) is 33.7 Å². The zero-order valence-electron chi connectivity index (χ0n) is 7.26. The predicted molar refractivity (Wildman–Crippen MR) is 45.6 cm³/mol. The Bertz CT molecular complexity index is 371. The number of ether oxygens (including phenoxy) is 1. The second-order valence-electron chi connectivity index (χ2n) is 2.70. The molecule has 1 N–H and O–H groups in total. The molecule has 14 heavy (non-hydrogen) atoms. The van der Waals surface area contributed by atoms with Gasteiger partial charge in [-0.2, -0.15) is 5.48 Å². The molecular weight excluding hydrogens is 190 g/mol. The Hall–Kier alpha value is -1.89. The molecule has 0 aromatic rings. The Morgan fingerprint density at radius 3 is 3.21 bits per heavy atom. The van der Waals surface area contributed by atoms with Crippen molar-refractivity contribution in [1.29, 1.82) is 0 Å². The van der Waals surface area contributed by atoms with Crippen molar-refractivity contribution < 1.29 is 14.6 Å². The first-order valence-electron chi connectivity index (χ1n) is 3.84. The van der Waals surface area contributed by atoms with Crippen LogP contribution in [0.2, 0.25) is 0 Å². The topological polar surface area (TPSA) is 86.0 Å². The molecule has 1 unspecified atom stereocenters. The van der Waals surface area contributed by atoms with E-state index in [4.69, 9.17) is 4.74 Å². The summed E-state index contributed by atoms with van der Waals surface area (Å²) < 4.78 is 5.04. The third-order valence-electron chi connectivity index (χ3n) is 1.95. The van der Waals surface area contributed by atoms with Crippen molar-refractivity contribution >= 4 is 5.71 Å². The Labute approximate surface area is 78.8 Å². The van der Waals surface area contributed by atoms with E-state index in [0.717, 1.165) is 0 Å². The number of nitro groups is 1. The number of hydrogen-bond donors (Lipinski definition) is 1. The van der Waals surface area contributed by atoms with E-state index in [2.05, 4.69) is 15.6 Å². The molecule has 0 fully saturated rings. The lowest BCUT2D eigenvalue weighted by Crippen LogP contribution is -2.29. The Morgan fingerprint density at radius 1 is 1.79 bits per heavy atom. The Kier molecular flexibility index (Phi) is 1.93. The summed E-state index contributed by atoms with van der Waals surface area (Å²) in [7, 11) is 1.49. The molecule has 7 nitrogen and oxygen atoms in total. The first-order valence-corrected chi connectivity index (χ1v) is 3.84. The van der Waals surface area contributed by atoms with E-state index in [9.17, 15) is 10.1 Å². The summed E-state index contributed by atoms with van der Waals surface area (Å²) in [5.74, 6) is 0. The maximum absolute atomic E-state index is 10.6. The van der Waals surface area contributed by atoms with Crippen molar-refractivity contribution in [3.8, 4) is 0 Å². The van der Waals surface area contributed by atoms with Gasteiger partial charge in [0.05, 0.1) is 4.92 Å². The smallest absolute Gasteiger partial charge is 0.297 e. The van der Waals surface area contributed by atoms with Crippen molar-refractivity contribution in [2.24, 2.45) is 5.16 Å². The minimum atomic E-state index is -0.505. The minimum absolute atomic E-state index is 0.0745. The highest BCUT2D eigenvalue weighted by atomic mass is 16.8. The fourth-order valence-corrected chi connectivity index (χ4v) is 1.29. The molecular formula is C7H7N3O4. The molecule has 0 saturated heterocycles. The number of hydroxylamine groups is 1. The van der Waals surface area contributed by atoms with Crippen molar-refractivity contribution in [2.75, 3.05) is 7.11 Å². The van der Waals surface area contributed by atoms with Crippen LogP contribution in [0.15, 0.2) is 28.7 Å². The summed E-state index contributed by atoms with van der Waals surface area (Å²) in [6, 6.07) is 0. The van der Waals surface area contributed by atoms with E-state index in [1.807, 2.05) is 0 Å². The predicted octanol–water partition coefficient (Wildman–Crippen LogP) is -0.0497. The number of fused-ring (bicyclic) bond motifs is 1. The van der Waals surface area contributed by atoms with Gasteiger partial charge in [-0.15, -0.1) is 0 Å². The van der Waals surface area contributed by atoms with Crippen LogP contribution in [-0.4, -0.2) is 23.8 Å². The number of oxime groups is 1. The van der Waals surface area contributed by atoms with Gasteiger partial charge in [0.25, 0.3) is 5.70 Å². The number of rotatable bonds is 2. The Balaban J connectivity index is 2.42. The van der Waals surface area contributed by atoms with Gasteiger partial charge in [-0.05, 0) is 6.08 Å². The van der Waals surface area contributed by atoms with Gasteiger partial charge in [0.15, 0.2) is 5.70 Å². The summed E-state index contributed by atoms with van der Waals surface area (Å²) in [5, 5.41) is 14.2. The first-order chi connectivity index (χ1) is 6.74. The highest BCUT2D eigenvalue weighted by Gasteiger charge is 2.34. The van der Waals surface area contributed by atoms with E-state index in [1.165, 1.54) is 13.2 Å². The summed E-state index contributed by atoms with van der Waals surface area (Å²) in [6.45, 7) is 0. The van der Waals surface area contributed by atoms with Crippen molar-refractivity contribution in [3.63, 3.8) is 0 Å². The lowest BCUT2D eigenvalue weighted by Gasteiger charge is -2.13. The molecule has 1 heterocycles. The molecule has 0 spiro atoms. The van der Waals surface area contributed by atoms with Crippen molar-refractivity contribution in [2.45, 2.75) is 6.10 Å². The van der Waals surface area contributed by atoms with E-state index in [1.54, 1.807) is 6.08 Å². The minimum Gasteiger partial charge on any atom is -0.371 e. The van der Waals surface area contributed by atoms with Crippen LogP contribution in [0.3, 0.4) is 0 Å². The molecule has 1 aliphatic heterocycles. The highest BCUT2D eigenvalue weighted by Crippen LogP contribution is 2.20. The molecule has 0 aromatic carbocycles. The van der Waals surface area contributed by atoms with Gasteiger partial charge in [-0.25, -0.2) is 0 Å². The molecule has 0 radical (unpaired) electrons. The first kappa shape index (κ1) is 8.70. The molecule has 1 aliphatic carbocycles. The number of allylic oxidation sites excluding steroid dienone is 1. The van der Waals surface area contributed by atoms with Crippen LogP contribution in [0.1, 0.15) is 0 Å². The van der Waals surface area contributed by atoms with Gasteiger partial charge < -0.3 is 4.74 Å². The summed E-state index contributed by atoms with van der Waals surface area (Å²) in [4.78, 5) is 14.7.